The van der Waals surface area contributed by atoms with Crippen molar-refractivity contribution in [2.45, 2.75) is 44.9 Å². The smallest absolute Gasteiger partial charge is 0.251 e. The molecule has 0 aromatic heterocycles. The lowest BCUT2D eigenvalue weighted by atomic mass is 9.99. The number of amides is 1. The highest BCUT2D eigenvalue weighted by Gasteiger charge is 2.29. The minimum absolute atomic E-state index is 0.0549. The van der Waals surface area contributed by atoms with Crippen LogP contribution >= 0.6 is 0 Å². The van der Waals surface area contributed by atoms with Gasteiger partial charge in [0.2, 0.25) is 10.0 Å². The standard InChI is InChI=1S/C31H40N4O5S/c1-4-33-27-18-24(19-29-26(27)14-9-15-41(38,39)35(29)2)31(37)34-28(17-22-10-6-5-7-11-22)30(36)21-32-20-23-12-8-13-25(16-23)40-3/h5-8,10-13,16,18-19,28,30,32-33,36H,4,9,14-15,17,20-21H2,1-3H3,(H,34,37)/t28-,30+/m0/s1. The summed E-state index contributed by atoms with van der Waals surface area (Å²) in [6.07, 6.45) is 0.644. The van der Waals surface area contributed by atoms with Gasteiger partial charge in [0.1, 0.15) is 5.75 Å². The normalized spacial score (nSPS) is 15.8. The fourth-order valence-corrected chi connectivity index (χ4v) is 6.34. The van der Waals surface area contributed by atoms with E-state index in [-0.39, 0.29) is 18.2 Å². The summed E-state index contributed by atoms with van der Waals surface area (Å²) in [6.45, 7) is 3.37. The van der Waals surface area contributed by atoms with Crippen molar-refractivity contribution in [1.29, 1.82) is 0 Å². The number of sulfonamides is 1. The molecule has 1 heterocycles. The van der Waals surface area contributed by atoms with Crippen LogP contribution in [-0.4, -0.2) is 64.6 Å². The van der Waals surface area contributed by atoms with Gasteiger partial charge in [-0.2, -0.15) is 0 Å². The van der Waals surface area contributed by atoms with Crippen LogP contribution in [0.3, 0.4) is 0 Å². The molecule has 0 radical (unpaired) electrons. The van der Waals surface area contributed by atoms with Crippen LogP contribution in [0.25, 0.3) is 0 Å². The number of aliphatic hydroxyl groups is 1. The summed E-state index contributed by atoms with van der Waals surface area (Å²) in [5.41, 5.74) is 4.46. The molecule has 41 heavy (non-hydrogen) atoms. The third-order valence-electron chi connectivity index (χ3n) is 7.34. The first-order chi connectivity index (χ1) is 19.7. The molecule has 3 aromatic carbocycles. The van der Waals surface area contributed by atoms with E-state index in [1.807, 2.05) is 61.5 Å². The van der Waals surface area contributed by atoms with E-state index in [1.165, 1.54) is 11.4 Å². The number of fused-ring (bicyclic) bond motifs is 1. The predicted octanol–water partition coefficient (Wildman–Crippen LogP) is 3.33. The number of ether oxygens (including phenoxy) is 1. The van der Waals surface area contributed by atoms with Gasteiger partial charge in [-0.25, -0.2) is 8.42 Å². The molecule has 0 fully saturated rings. The summed E-state index contributed by atoms with van der Waals surface area (Å²) in [5, 5.41) is 20.8. The Morgan fingerprint density at radius 1 is 1.07 bits per heavy atom. The number of hydrogen-bond acceptors (Lipinski definition) is 7. The summed E-state index contributed by atoms with van der Waals surface area (Å²) in [5.74, 6) is 0.435. The molecule has 4 rings (SSSR count). The number of hydrogen-bond donors (Lipinski definition) is 4. The first-order valence-corrected chi connectivity index (χ1v) is 15.6. The zero-order valence-corrected chi connectivity index (χ0v) is 24.7. The van der Waals surface area contributed by atoms with Crippen molar-refractivity contribution >= 4 is 27.3 Å². The van der Waals surface area contributed by atoms with Crippen molar-refractivity contribution in [1.82, 2.24) is 10.6 Å². The maximum Gasteiger partial charge on any atom is 0.251 e. The van der Waals surface area contributed by atoms with Gasteiger partial charge in [0, 0.05) is 37.9 Å². The van der Waals surface area contributed by atoms with E-state index in [4.69, 9.17) is 4.74 Å². The third kappa shape index (κ3) is 7.78. The van der Waals surface area contributed by atoms with E-state index in [1.54, 1.807) is 19.2 Å². The molecular formula is C31H40N4O5S. The molecular weight excluding hydrogens is 540 g/mol. The Bertz CT molecular complexity index is 1430. The Kier molecular flexibility index (Phi) is 10.3. The van der Waals surface area contributed by atoms with Crippen molar-refractivity contribution in [3.05, 3.63) is 89.0 Å². The monoisotopic (exact) mass is 580 g/mol. The fourth-order valence-electron chi connectivity index (χ4n) is 5.09. The highest BCUT2D eigenvalue weighted by atomic mass is 32.2. The number of carbonyl (C=O) groups is 1. The second-order valence-electron chi connectivity index (χ2n) is 10.3. The number of carbonyl (C=O) groups excluding carboxylic acids is 1. The molecule has 2 atom stereocenters. The minimum Gasteiger partial charge on any atom is -0.497 e. The topological polar surface area (TPSA) is 120 Å². The van der Waals surface area contributed by atoms with Crippen LogP contribution in [0, 0.1) is 0 Å². The molecule has 1 amide bonds. The van der Waals surface area contributed by atoms with Gasteiger partial charge in [-0.15, -0.1) is 0 Å². The molecule has 220 valence electrons. The predicted molar refractivity (Wildman–Crippen MR) is 163 cm³/mol. The van der Waals surface area contributed by atoms with E-state index in [0.29, 0.717) is 43.6 Å². The quantitative estimate of drug-likeness (QED) is 0.259. The molecule has 1 aliphatic rings. The fraction of sp³-hybridized carbons (Fsp3) is 0.387. The van der Waals surface area contributed by atoms with Crippen LogP contribution in [0.2, 0.25) is 0 Å². The lowest BCUT2D eigenvalue weighted by Crippen LogP contribution is -2.48. The number of aliphatic hydroxyl groups excluding tert-OH is 1. The van der Waals surface area contributed by atoms with Gasteiger partial charge in [0.25, 0.3) is 5.91 Å². The molecule has 0 spiro atoms. The van der Waals surface area contributed by atoms with Gasteiger partial charge in [-0.1, -0.05) is 42.5 Å². The van der Waals surface area contributed by atoms with Crippen molar-refractivity contribution in [3.8, 4) is 5.75 Å². The summed E-state index contributed by atoms with van der Waals surface area (Å²) >= 11 is 0. The minimum atomic E-state index is -3.48. The van der Waals surface area contributed by atoms with Crippen LogP contribution in [-0.2, 0) is 29.4 Å². The summed E-state index contributed by atoms with van der Waals surface area (Å²) < 4.78 is 32.1. The molecule has 0 saturated carbocycles. The molecule has 0 unspecified atom stereocenters. The Morgan fingerprint density at radius 2 is 1.83 bits per heavy atom. The molecule has 4 N–H and O–H groups in total. The van der Waals surface area contributed by atoms with Crippen LogP contribution in [0.4, 0.5) is 11.4 Å². The average Bonchev–Trinajstić information content (AvgIpc) is 3.08. The van der Waals surface area contributed by atoms with Gasteiger partial charge in [-0.3, -0.25) is 9.10 Å². The number of anilines is 2. The number of nitrogens with one attached hydrogen (secondary N) is 3. The maximum absolute atomic E-state index is 13.7. The van der Waals surface area contributed by atoms with Gasteiger partial charge < -0.3 is 25.8 Å². The summed E-state index contributed by atoms with van der Waals surface area (Å²) in [7, 11) is -0.328. The van der Waals surface area contributed by atoms with E-state index in [0.717, 1.165) is 28.1 Å². The van der Waals surface area contributed by atoms with Crippen LogP contribution < -0.4 is 25.0 Å². The molecule has 9 nitrogen and oxygen atoms in total. The summed E-state index contributed by atoms with van der Waals surface area (Å²) in [6, 6.07) is 20.2. The Hall–Kier alpha value is -3.60. The lowest BCUT2D eigenvalue weighted by Gasteiger charge is -2.26. The molecule has 0 bridgehead atoms. The van der Waals surface area contributed by atoms with Crippen LogP contribution in [0.15, 0.2) is 66.7 Å². The number of nitrogens with zero attached hydrogens (tertiary/aromatic N) is 1. The van der Waals surface area contributed by atoms with Crippen LogP contribution in [0.5, 0.6) is 5.75 Å². The zero-order chi connectivity index (χ0) is 29.4. The second-order valence-corrected chi connectivity index (χ2v) is 12.4. The van der Waals surface area contributed by atoms with Gasteiger partial charge >= 0.3 is 0 Å². The Morgan fingerprint density at radius 3 is 2.56 bits per heavy atom. The van der Waals surface area contributed by atoms with E-state index in [9.17, 15) is 18.3 Å². The first kappa shape index (κ1) is 30.4. The summed E-state index contributed by atoms with van der Waals surface area (Å²) in [4.78, 5) is 13.7. The van der Waals surface area contributed by atoms with Crippen molar-refractivity contribution in [2.24, 2.45) is 0 Å². The van der Waals surface area contributed by atoms with E-state index < -0.39 is 22.2 Å². The number of methoxy groups -OCH3 is 1. The largest absolute Gasteiger partial charge is 0.497 e. The van der Waals surface area contributed by atoms with E-state index in [2.05, 4.69) is 16.0 Å². The SMILES string of the molecule is CCNc1cc(C(=O)N[C@@H](Cc2ccccc2)[C@H](O)CNCc2cccc(OC)c2)cc2c1CCCS(=O)(=O)N2C. The molecule has 10 heteroatoms. The van der Waals surface area contributed by atoms with Crippen molar-refractivity contribution in [2.75, 3.05) is 42.6 Å². The Labute approximate surface area is 243 Å². The molecule has 1 aliphatic heterocycles. The molecule has 0 aliphatic carbocycles. The number of benzene rings is 3. The lowest BCUT2D eigenvalue weighted by molar-refractivity contribution is 0.0830. The van der Waals surface area contributed by atoms with Gasteiger partial charge in [0.05, 0.1) is 30.7 Å². The zero-order valence-electron chi connectivity index (χ0n) is 23.9. The van der Waals surface area contributed by atoms with Crippen molar-refractivity contribution < 1.29 is 23.1 Å². The van der Waals surface area contributed by atoms with Crippen LogP contribution in [0.1, 0.15) is 40.4 Å². The van der Waals surface area contributed by atoms with Gasteiger partial charge in [0.15, 0.2) is 0 Å². The third-order valence-corrected chi connectivity index (χ3v) is 9.17. The van der Waals surface area contributed by atoms with E-state index >= 15 is 0 Å². The first-order valence-electron chi connectivity index (χ1n) is 14.0. The molecule has 0 saturated heterocycles. The maximum atomic E-state index is 13.7. The second kappa shape index (κ2) is 13.8. The Balaban J connectivity index is 1.56. The highest BCUT2D eigenvalue weighted by molar-refractivity contribution is 7.92. The molecule has 3 aromatic rings. The van der Waals surface area contributed by atoms with Gasteiger partial charge in [-0.05, 0) is 67.1 Å². The number of rotatable bonds is 12. The average molecular weight is 581 g/mol. The highest BCUT2D eigenvalue weighted by Crippen LogP contribution is 2.34. The van der Waals surface area contributed by atoms with Crippen molar-refractivity contribution in [3.63, 3.8) is 0 Å².